The molecule has 0 unspecified atom stereocenters. The molecule has 0 radical (unpaired) electrons. The summed E-state index contributed by atoms with van der Waals surface area (Å²) < 4.78 is 2.75. The summed E-state index contributed by atoms with van der Waals surface area (Å²) in [5.74, 6) is 0. The zero-order valence-electron chi connectivity index (χ0n) is 12.2. The largest absolute Gasteiger partial charge is 0.135 e. The van der Waals surface area contributed by atoms with Crippen LogP contribution in [-0.2, 0) is 0 Å². The summed E-state index contributed by atoms with van der Waals surface area (Å²) in [6, 6.07) is 22.0. The quantitative estimate of drug-likeness (QED) is 0.383. The first-order valence-corrected chi connectivity index (χ1v) is 8.03. The van der Waals surface area contributed by atoms with Gasteiger partial charge in [-0.3, -0.25) is 0 Å². The number of aryl methyl sites for hydroxylation is 2. The van der Waals surface area contributed by atoms with Gasteiger partial charge in [0.2, 0.25) is 0 Å². The third-order valence-corrected chi connectivity index (χ3v) is 5.30. The monoisotopic (exact) mass is 288 g/mol. The Hall–Kier alpha value is -2.12. The molecule has 3 aromatic carbocycles. The molecule has 21 heavy (non-hydrogen) atoms. The lowest BCUT2D eigenvalue weighted by Gasteiger charge is -2.08. The second-order valence-corrected chi connectivity index (χ2v) is 6.66. The third-order valence-electron chi connectivity index (χ3n) is 4.17. The van der Waals surface area contributed by atoms with Gasteiger partial charge in [0.05, 0.1) is 0 Å². The molecule has 0 amide bonds. The first-order valence-electron chi connectivity index (χ1n) is 7.22. The van der Waals surface area contributed by atoms with E-state index >= 15 is 0 Å². The highest BCUT2D eigenvalue weighted by Crippen LogP contribution is 2.39. The molecular formula is C20H16S. The second-order valence-electron chi connectivity index (χ2n) is 5.58. The van der Waals surface area contributed by atoms with Crippen LogP contribution >= 0.6 is 11.3 Å². The van der Waals surface area contributed by atoms with Crippen LogP contribution < -0.4 is 0 Å². The Morgan fingerprint density at radius 3 is 2.29 bits per heavy atom. The fourth-order valence-corrected chi connectivity index (χ4v) is 4.20. The minimum absolute atomic E-state index is 1.30. The van der Waals surface area contributed by atoms with Crippen molar-refractivity contribution in [2.24, 2.45) is 0 Å². The predicted octanol–water partition coefficient (Wildman–Crippen LogP) is 6.34. The van der Waals surface area contributed by atoms with Gasteiger partial charge in [0.15, 0.2) is 0 Å². The molecule has 0 aliphatic rings. The fraction of sp³-hybridized carbons (Fsp3) is 0.100. The van der Waals surface area contributed by atoms with Crippen LogP contribution in [0.15, 0.2) is 60.7 Å². The van der Waals surface area contributed by atoms with Crippen molar-refractivity contribution in [3.63, 3.8) is 0 Å². The molecule has 0 N–H and O–H groups in total. The molecule has 0 aliphatic heterocycles. The zero-order chi connectivity index (χ0) is 14.4. The summed E-state index contributed by atoms with van der Waals surface area (Å²) in [6.45, 7) is 4.38. The maximum atomic E-state index is 2.27. The molecule has 1 heterocycles. The normalized spacial score (nSPS) is 11.3. The van der Waals surface area contributed by atoms with Crippen LogP contribution in [-0.4, -0.2) is 0 Å². The molecule has 1 aromatic heterocycles. The van der Waals surface area contributed by atoms with Gasteiger partial charge in [-0.25, -0.2) is 0 Å². The van der Waals surface area contributed by atoms with E-state index in [9.17, 15) is 0 Å². The minimum atomic E-state index is 1.30. The Bertz CT molecular complexity index is 943. The summed E-state index contributed by atoms with van der Waals surface area (Å²) in [7, 11) is 0. The van der Waals surface area contributed by atoms with Crippen LogP contribution in [0.5, 0.6) is 0 Å². The Kier molecular flexibility index (Phi) is 2.83. The van der Waals surface area contributed by atoms with E-state index in [4.69, 9.17) is 0 Å². The van der Waals surface area contributed by atoms with Crippen LogP contribution in [0, 0.1) is 13.8 Å². The number of hydrogen-bond donors (Lipinski definition) is 0. The van der Waals surface area contributed by atoms with Gasteiger partial charge in [0.1, 0.15) is 0 Å². The van der Waals surface area contributed by atoms with Crippen molar-refractivity contribution in [2.45, 2.75) is 13.8 Å². The molecule has 102 valence electrons. The van der Waals surface area contributed by atoms with Crippen molar-refractivity contribution in [3.8, 4) is 11.1 Å². The molecular weight excluding hydrogens is 272 g/mol. The number of rotatable bonds is 1. The first kappa shape index (κ1) is 12.6. The van der Waals surface area contributed by atoms with Gasteiger partial charge >= 0.3 is 0 Å². The summed E-state index contributed by atoms with van der Waals surface area (Å²) in [4.78, 5) is 0. The number of thiophene rings is 1. The third kappa shape index (κ3) is 1.97. The molecule has 1 heteroatoms. The lowest BCUT2D eigenvalue weighted by molar-refractivity contribution is 1.45. The Balaban J connectivity index is 2.05. The SMILES string of the molecule is Cc1ccc(-c2ccc3sc4ccccc4c3c2C)cc1. The number of fused-ring (bicyclic) bond motifs is 3. The van der Waals surface area contributed by atoms with Gasteiger partial charge in [-0.2, -0.15) is 0 Å². The summed E-state index contributed by atoms with van der Waals surface area (Å²) in [5, 5.41) is 2.79. The van der Waals surface area contributed by atoms with Crippen LogP contribution in [0.1, 0.15) is 11.1 Å². The molecule has 0 aliphatic carbocycles. The lowest BCUT2D eigenvalue weighted by Crippen LogP contribution is -1.84. The molecule has 0 atom stereocenters. The van der Waals surface area contributed by atoms with E-state index in [-0.39, 0.29) is 0 Å². The van der Waals surface area contributed by atoms with Crippen LogP contribution in [0.4, 0.5) is 0 Å². The highest BCUT2D eigenvalue weighted by Gasteiger charge is 2.11. The Morgan fingerprint density at radius 1 is 0.714 bits per heavy atom. The maximum Gasteiger partial charge on any atom is 0.0358 e. The molecule has 0 saturated heterocycles. The fourth-order valence-electron chi connectivity index (χ4n) is 3.03. The van der Waals surface area contributed by atoms with Gasteiger partial charge in [0.25, 0.3) is 0 Å². The van der Waals surface area contributed by atoms with Crippen LogP contribution in [0.25, 0.3) is 31.3 Å². The Morgan fingerprint density at radius 2 is 1.48 bits per heavy atom. The van der Waals surface area contributed by atoms with Gasteiger partial charge in [-0.1, -0.05) is 54.1 Å². The maximum absolute atomic E-state index is 2.27. The van der Waals surface area contributed by atoms with E-state index in [1.165, 1.54) is 42.4 Å². The minimum Gasteiger partial charge on any atom is -0.135 e. The van der Waals surface area contributed by atoms with E-state index in [0.29, 0.717) is 0 Å². The Labute approximate surface area is 128 Å². The predicted molar refractivity (Wildman–Crippen MR) is 94.2 cm³/mol. The molecule has 4 rings (SSSR count). The van der Waals surface area contributed by atoms with Crippen molar-refractivity contribution in [1.29, 1.82) is 0 Å². The smallest absolute Gasteiger partial charge is 0.0358 e. The average molecular weight is 288 g/mol. The van der Waals surface area contributed by atoms with Gasteiger partial charge < -0.3 is 0 Å². The zero-order valence-corrected chi connectivity index (χ0v) is 13.0. The molecule has 0 bridgehead atoms. The van der Waals surface area contributed by atoms with Crippen molar-refractivity contribution < 1.29 is 0 Å². The number of benzene rings is 3. The van der Waals surface area contributed by atoms with E-state index < -0.39 is 0 Å². The number of hydrogen-bond acceptors (Lipinski definition) is 1. The molecule has 0 saturated carbocycles. The summed E-state index contributed by atoms with van der Waals surface area (Å²) in [5.41, 5.74) is 5.33. The molecule has 4 aromatic rings. The van der Waals surface area contributed by atoms with Gasteiger partial charge in [-0.05, 0) is 42.7 Å². The van der Waals surface area contributed by atoms with Crippen LogP contribution in [0.3, 0.4) is 0 Å². The summed E-state index contributed by atoms with van der Waals surface area (Å²) in [6.07, 6.45) is 0. The van der Waals surface area contributed by atoms with Crippen molar-refractivity contribution >= 4 is 31.5 Å². The topological polar surface area (TPSA) is 0 Å². The van der Waals surface area contributed by atoms with Gasteiger partial charge in [0, 0.05) is 20.2 Å². The van der Waals surface area contributed by atoms with Gasteiger partial charge in [-0.15, -0.1) is 11.3 Å². The highest BCUT2D eigenvalue weighted by molar-refractivity contribution is 7.25. The van der Waals surface area contributed by atoms with E-state index in [1.807, 2.05) is 11.3 Å². The van der Waals surface area contributed by atoms with E-state index in [2.05, 4.69) is 74.5 Å². The second kappa shape index (κ2) is 4.71. The van der Waals surface area contributed by atoms with Crippen molar-refractivity contribution in [1.82, 2.24) is 0 Å². The highest BCUT2D eigenvalue weighted by atomic mass is 32.1. The lowest BCUT2D eigenvalue weighted by atomic mass is 9.96. The van der Waals surface area contributed by atoms with E-state index in [0.717, 1.165) is 0 Å². The van der Waals surface area contributed by atoms with Crippen molar-refractivity contribution in [3.05, 3.63) is 71.8 Å². The molecule has 0 nitrogen and oxygen atoms in total. The molecule has 0 spiro atoms. The van der Waals surface area contributed by atoms with E-state index in [1.54, 1.807) is 0 Å². The van der Waals surface area contributed by atoms with Crippen LogP contribution in [0.2, 0.25) is 0 Å². The first-order chi connectivity index (χ1) is 10.2. The van der Waals surface area contributed by atoms with Crippen molar-refractivity contribution in [2.75, 3.05) is 0 Å². The molecule has 0 fully saturated rings. The summed E-state index contributed by atoms with van der Waals surface area (Å²) >= 11 is 1.88. The average Bonchev–Trinajstić information content (AvgIpc) is 2.88. The standard InChI is InChI=1S/C20H16S/c1-13-7-9-15(10-8-13)16-11-12-19-20(14(16)2)17-5-3-4-6-18(17)21-19/h3-12H,1-2H3.